The van der Waals surface area contributed by atoms with Crippen molar-refractivity contribution in [3.05, 3.63) is 59.7 Å². The Morgan fingerprint density at radius 1 is 1.00 bits per heavy atom. The Morgan fingerprint density at radius 3 is 2.31 bits per heavy atom. The third-order valence-corrected chi connectivity index (χ3v) is 5.66. The minimum Gasteiger partial charge on any atom is -0.382 e. The number of nitrogen functional groups attached to an aromatic ring is 2. The number of nitrogens with two attached hydrogens (primary N) is 2. The van der Waals surface area contributed by atoms with Crippen LogP contribution in [0.5, 0.6) is 0 Å². The molecule has 4 N–H and O–H groups in total. The summed E-state index contributed by atoms with van der Waals surface area (Å²) in [6, 6.07) is 14.7. The van der Waals surface area contributed by atoms with E-state index in [0.717, 1.165) is 5.56 Å². The number of rotatable bonds is 3. The van der Waals surface area contributed by atoms with Crippen LogP contribution in [0.1, 0.15) is 11.1 Å². The third-order valence-electron chi connectivity index (χ3n) is 3.83. The molecule has 130 valence electrons. The lowest BCUT2D eigenvalue weighted by atomic mass is 10.1. The predicted molar refractivity (Wildman–Crippen MR) is 97.6 cm³/mol. The number of nitrogens with zero attached hydrogens (tertiary/aromatic N) is 3. The van der Waals surface area contributed by atoms with Crippen LogP contribution in [0.4, 0.5) is 11.8 Å². The summed E-state index contributed by atoms with van der Waals surface area (Å²) in [6.45, 7) is 1.87. The van der Waals surface area contributed by atoms with E-state index in [0.29, 0.717) is 0 Å². The van der Waals surface area contributed by atoms with Gasteiger partial charge in [-0.15, -0.1) is 0 Å². The zero-order chi connectivity index (χ0) is 18.9. The van der Waals surface area contributed by atoms with Crippen LogP contribution in [0.3, 0.4) is 0 Å². The number of benzene rings is 2. The standard InChI is InChI=1S/C18H15N5O2S/c1-11-6-8-12(9-7-11)26(24,25)15-5-3-2-4-13(15)16-14(10-19)17(20)23-18(21)22-16/h2-9H,1H3,(H4,20,21,22,23). The maximum absolute atomic E-state index is 13.1. The van der Waals surface area contributed by atoms with Crippen molar-refractivity contribution in [1.82, 2.24) is 9.97 Å². The summed E-state index contributed by atoms with van der Waals surface area (Å²) in [5.74, 6) is -0.239. The second kappa shape index (κ2) is 6.46. The van der Waals surface area contributed by atoms with Crippen molar-refractivity contribution in [2.45, 2.75) is 16.7 Å². The van der Waals surface area contributed by atoms with Gasteiger partial charge in [0, 0.05) is 5.56 Å². The second-order valence-corrected chi connectivity index (χ2v) is 7.53. The molecule has 0 unspecified atom stereocenters. The number of aromatic nitrogens is 2. The fraction of sp³-hybridized carbons (Fsp3) is 0.0556. The Labute approximate surface area is 150 Å². The lowest BCUT2D eigenvalue weighted by Gasteiger charge is -2.12. The molecule has 3 aromatic rings. The van der Waals surface area contributed by atoms with Crippen LogP contribution >= 0.6 is 0 Å². The van der Waals surface area contributed by atoms with Crippen LogP contribution in [0.2, 0.25) is 0 Å². The van der Waals surface area contributed by atoms with E-state index in [2.05, 4.69) is 9.97 Å². The zero-order valence-corrected chi connectivity index (χ0v) is 14.7. The van der Waals surface area contributed by atoms with Crippen LogP contribution in [-0.2, 0) is 9.84 Å². The predicted octanol–water partition coefficient (Wildman–Crippen LogP) is 2.32. The average Bonchev–Trinajstić information content (AvgIpc) is 2.61. The highest BCUT2D eigenvalue weighted by atomic mass is 32.2. The van der Waals surface area contributed by atoms with Gasteiger partial charge in [-0.3, -0.25) is 0 Å². The van der Waals surface area contributed by atoms with Gasteiger partial charge in [0.1, 0.15) is 17.5 Å². The molecule has 0 bridgehead atoms. The molecule has 0 aliphatic rings. The molecule has 0 aliphatic heterocycles. The van der Waals surface area contributed by atoms with Crippen LogP contribution in [0.15, 0.2) is 58.3 Å². The minimum absolute atomic E-state index is 0.0119. The van der Waals surface area contributed by atoms with E-state index in [1.807, 2.05) is 13.0 Å². The Balaban J connectivity index is 2.29. The maximum Gasteiger partial charge on any atom is 0.222 e. The molecular formula is C18H15N5O2S. The van der Waals surface area contributed by atoms with Gasteiger partial charge in [-0.2, -0.15) is 10.2 Å². The largest absolute Gasteiger partial charge is 0.382 e. The summed E-state index contributed by atoms with van der Waals surface area (Å²) in [5.41, 5.74) is 12.7. The van der Waals surface area contributed by atoms with E-state index in [4.69, 9.17) is 11.5 Å². The van der Waals surface area contributed by atoms with Gasteiger partial charge in [0.05, 0.1) is 15.5 Å². The quantitative estimate of drug-likeness (QED) is 0.727. The molecule has 1 heterocycles. The van der Waals surface area contributed by atoms with Gasteiger partial charge in [-0.25, -0.2) is 13.4 Å². The van der Waals surface area contributed by atoms with Crippen molar-refractivity contribution in [1.29, 1.82) is 5.26 Å². The number of hydrogen-bond donors (Lipinski definition) is 2. The topological polar surface area (TPSA) is 136 Å². The fourth-order valence-electron chi connectivity index (χ4n) is 2.54. The Bertz CT molecular complexity index is 1130. The Kier molecular flexibility index (Phi) is 4.32. The molecule has 0 spiro atoms. The monoisotopic (exact) mass is 365 g/mol. The number of sulfone groups is 1. The highest BCUT2D eigenvalue weighted by Crippen LogP contribution is 2.33. The summed E-state index contributed by atoms with van der Waals surface area (Å²) >= 11 is 0. The van der Waals surface area contributed by atoms with E-state index in [-0.39, 0.29) is 38.4 Å². The van der Waals surface area contributed by atoms with E-state index in [9.17, 15) is 13.7 Å². The van der Waals surface area contributed by atoms with Crippen LogP contribution < -0.4 is 11.5 Å². The number of nitriles is 1. The SMILES string of the molecule is Cc1ccc(S(=O)(=O)c2ccccc2-c2nc(N)nc(N)c2C#N)cc1. The summed E-state index contributed by atoms with van der Waals surface area (Å²) in [7, 11) is -3.84. The van der Waals surface area contributed by atoms with Gasteiger partial charge >= 0.3 is 0 Å². The molecule has 3 rings (SSSR count). The van der Waals surface area contributed by atoms with Crippen molar-refractivity contribution >= 4 is 21.6 Å². The minimum atomic E-state index is -3.84. The lowest BCUT2D eigenvalue weighted by Crippen LogP contribution is -2.08. The molecule has 26 heavy (non-hydrogen) atoms. The molecule has 1 aromatic heterocycles. The highest BCUT2D eigenvalue weighted by molar-refractivity contribution is 7.91. The van der Waals surface area contributed by atoms with Crippen LogP contribution in [0, 0.1) is 18.3 Å². The molecule has 0 amide bonds. The first kappa shape index (κ1) is 17.4. The van der Waals surface area contributed by atoms with Gasteiger partial charge in [0.2, 0.25) is 15.8 Å². The van der Waals surface area contributed by atoms with E-state index in [1.165, 1.54) is 18.2 Å². The molecule has 7 nitrogen and oxygen atoms in total. The molecule has 8 heteroatoms. The Hall–Kier alpha value is -3.44. The molecule has 0 saturated carbocycles. The van der Waals surface area contributed by atoms with Crippen molar-refractivity contribution < 1.29 is 8.42 Å². The van der Waals surface area contributed by atoms with E-state index >= 15 is 0 Å². The normalized spacial score (nSPS) is 11.1. The molecule has 0 fully saturated rings. The molecule has 0 saturated heterocycles. The number of aryl methyl sites for hydroxylation is 1. The first-order chi connectivity index (χ1) is 12.3. The van der Waals surface area contributed by atoms with E-state index in [1.54, 1.807) is 30.3 Å². The van der Waals surface area contributed by atoms with Gasteiger partial charge in [-0.1, -0.05) is 35.9 Å². The van der Waals surface area contributed by atoms with Crippen LogP contribution in [0.25, 0.3) is 11.3 Å². The molecule has 0 aliphatic carbocycles. The lowest BCUT2D eigenvalue weighted by molar-refractivity contribution is 0.596. The van der Waals surface area contributed by atoms with Crippen molar-refractivity contribution in [3.63, 3.8) is 0 Å². The van der Waals surface area contributed by atoms with E-state index < -0.39 is 9.84 Å². The van der Waals surface area contributed by atoms with Gasteiger partial charge in [0.25, 0.3) is 0 Å². The maximum atomic E-state index is 13.1. The molecule has 0 radical (unpaired) electrons. The summed E-state index contributed by atoms with van der Waals surface area (Å²) < 4.78 is 26.2. The first-order valence-electron chi connectivity index (χ1n) is 7.59. The third kappa shape index (κ3) is 2.96. The second-order valence-electron chi connectivity index (χ2n) is 5.62. The Morgan fingerprint density at radius 2 is 1.65 bits per heavy atom. The first-order valence-corrected chi connectivity index (χ1v) is 9.07. The van der Waals surface area contributed by atoms with Crippen LogP contribution in [-0.4, -0.2) is 18.4 Å². The molecule has 0 atom stereocenters. The fourth-order valence-corrected chi connectivity index (χ4v) is 4.00. The van der Waals surface area contributed by atoms with Crippen molar-refractivity contribution in [3.8, 4) is 17.3 Å². The van der Waals surface area contributed by atoms with Gasteiger partial charge < -0.3 is 11.5 Å². The molecule has 2 aromatic carbocycles. The van der Waals surface area contributed by atoms with Crippen molar-refractivity contribution in [2.24, 2.45) is 0 Å². The summed E-state index contributed by atoms with van der Waals surface area (Å²) in [5, 5.41) is 9.39. The summed E-state index contributed by atoms with van der Waals surface area (Å²) in [6.07, 6.45) is 0. The highest BCUT2D eigenvalue weighted by Gasteiger charge is 2.24. The summed E-state index contributed by atoms with van der Waals surface area (Å²) in [4.78, 5) is 7.97. The van der Waals surface area contributed by atoms with Crippen molar-refractivity contribution in [2.75, 3.05) is 11.5 Å². The zero-order valence-electron chi connectivity index (χ0n) is 13.8. The number of hydrogen-bond acceptors (Lipinski definition) is 7. The number of anilines is 2. The smallest absolute Gasteiger partial charge is 0.222 e. The van der Waals surface area contributed by atoms with Gasteiger partial charge in [-0.05, 0) is 25.1 Å². The van der Waals surface area contributed by atoms with Gasteiger partial charge in [0.15, 0.2) is 0 Å². The molecular weight excluding hydrogens is 350 g/mol. The average molecular weight is 365 g/mol.